The van der Waals surface area contributed by atoms with Crippen molar-refractivity contribution < 1.29 is 14.6 Å². The van der Waals surface area contributed by atoms with Crippen molar-refractivity contribution in [2.45, 2.75) is 12.8 Å². The molecule has 0 unspecified atom stereocenters. The maximum atomic E-state index is 11.1. The summed E-state index contributed by atoms with van der Waals surface area (Å²) in [6, 6.07) is 9.10. The van der Waals surface area contributed by atoms with Gasteiger partial charge in [0.25, 0.3) is 0 Å². The second-order valence-electron chi connectivity index (χ2n) is 3.25. The Hall–Kier alpha value is -1.86. The lowest BCUT2D eigenvalue weighted by molar-refractivity contribution is -0.144. The molecular formula is C12H13NO3. The molecule has 0 saturated heterocycles. The average Bonchev–Trinajstić information content (AvgIpc) is 2.34. The molecule has 1 rings (SSSR count). The first-order valence-electron chi connectivity index (χ1n) is 5.02. The SMILES string of the molecule is N#Cc1ccc(CCC(=O)OCCO)cc1. The summed E-state index contributed by atoms with van der Waals surface area (Å²) in [6.45, 7) is -0.102. The molecule has 0 saturated carbocycles. The topological polar surface area (TPSA) is 70.3 Å². The van der Waals surface area contributed by atoms with Gasteiger partial charge in [-0.1, -0.05) is 12.1 Å². The fourth-order valence-electron chi connectivity index (χ4n) is 1.22. The summed E-state index contributed by atoms with van der Waals surface area (Å²) in [6.07, 6.45) is 0.863. The van der Waals surface area contributed by atoms with Crippen LogP contribution in [0.3, 0.4) is 0 Å². The van der Waals surface area contributed by atoms with Crippen LogP contribution in [0.2, 0.25) is 0 Å². The minimum absolute atomic E-state index is 0.0478. The molecule has 0 aliphatic heterocycles. The molecule has 1 aromatic carbocycles. The Morgan fingerprint density at radius 1 is 1.38 bits per heavy atom. The third-order valence-electron chi connectivity index (χ3n) is 2.06. The number of aliphatic hydroxyl groups excluding tert-OH is 1. The van der Waals surface area contributed by atoms with Crippen LogP contribution in [0.25, 0.3) is 0 Å². The van der Waals surface area contributed by atoms with Crippen molar-refractivity contribution in [1.82, 2.24) is 0 Å². The summed E-state index contributed by atoms with van der Waals surface area (Å²) in [4.78, 5) is 11.1. The maximum Gasteiger partial charge on any atom is 0.306 e. The van der Waals surface area contributed by atoms with Crippen LogP contribution in [0.5, 0.6) is 0 Å². The van der Waals surface area contributed by atoms with Gasteiger partial charge in [-0.3, -0.25) is 4.79 Å². The van der Waals surface area contributed by atoms with Gasteiger partial charge in [0, 0.05) is 6.42 Å². The van der Waals surface area contributed by atoms with Gasteiger partial charge in [0.05, 0.1) is 18.2 Å². The third kappa shape index (κ3) is 4.11. The molecular weight excluding hydrogens is 206 g/mol. The number of benzene rings is 1. The van der Waals surface area contributed by atoms with E-state index in [0.29, 0.717) is 12.0 Å². The summed E-state index contributed by atoms with van der Waals surface area (Å²) in [7, 11) is 0. The standard InChI is InChI=1S/C12H13NO3/c13-9-11-3-1-10(2-4-11)5-6-12(15)16-8-7-14/h1-4,14H,5-8H2. The first-order valence-corrected chi connectivity index (χ1v) is 5.02. The van der Waals surface area contributed by atoms with Crippen LogP contribution in [-0.2, 0) is 16.0 Å². The normalized spacial score (nSPS) is 9.50. The Balaban J connectivity index is 2.37. The number of nitriles is 1. The number of ether oxygens (including phenoxy) is 1. The molecule has 0 aliphatic rings. The molecule has 0 aromatic heterocycles. The fourth-order valence-corrected chi connectivity index (χ4v) is 1.22. The molecule has 84 valence electrons. The number of carbonyl (C=O) groups is 1. The molecule has 0 fully saturated rings. The number of hydrogen-bond donors (Lipinski definition) is 1. The minimum atomic E-state index is -0.321. The Bertz CT molecular complexity index is 378. The van der Waals surface area contributed by atoms with Crippen molar-refractivity contribution in [2.75, 3.05) is 13.2 Å². The zero-order chi connectivity index (χ0) is 11.8. The first-order chi connectivity index (χ1) is 7.76. The highest BCUT2D eigenvalue weighted by atomic mass is 16.5. The molecule has 1 N–H and O–H groups in total. The molecule has 16 heavy (non-hydrogen) atoms. The Kier molecular flexibility index (Phi) is 5.03. The zero-order valence-electron chi connectivity index (χ0n) is 8.85. The van der Waals surface area contributed by atoms with E-state index >= 15 is 0 Å². The first kappa shape index (κ1) is 12.2. The van der Waals surface area contributed by atoms with E-state index in [4.69, 9.17) is 15.1 Å². The highest BCUT2D eigenvalue weighted by Crippen LogP contribution is 2.06. The van der Waals surface area contributed by atoms with Crippen molar-refractivity contribution in [2.24, 2.45) is 0 Å². The lowest BCUT2D eigenvalue weighted by Gasteiger charge is -2.02. The third-order valence-corrected chi connectivity index (χ3v) is 2.06. The number of aliphatic hydroxyl groups is 1. The van der Waals surface area contributed by atoms with Crippen molar-refractivity contribution in [1.29, 1.82) is 5.26 Å². The lowest BCUT2D eigenvalue weighted by Crippen LogP contribution is -2.09. The summed E-state index contributed by atoms with van der Waals surface area (Å²) < 4.78 is 4.72. The summed E-state index contributed by atoms with van der Waals surface area (Å²) in [5, 5.41) is 17.0. The predicted octanol–water partition coefficient (Wildman–Crippen LogP) is 1.03. The van der Waals surface area contributed by atoms with Crippen LogP contribution in [0.1, 0.15) is 17.5 Å². The van der Waals surface area contributed by atoms with Gasteiger partial charge in [-0.05, 0) is 24.1 Å². The molecule has 0 amide bonds. The Morgan fingerprint density at radius 3 is 2.62 bits per heavy atom. The van der Waals surface area contributed by atoms with E-state index in [1.807, 2.05) is 18.2 Å². The average molecular weight is 219 g/mol. The van der Waals surface area contributed by atoms with Gasteiger partial charge in [0.1, 0.15) is 6.61 Å². The molecule has 4 nitrogen and oxygen atoms in total. The van der Waals surface area contributed by atoms with Crippen LogP contribution in [0, 0.1) is 11.3 Å². The minimum Gasteiger partial charge on any atom is -0.463 e. The molecule has 0 spiro atoms. The van der Waals surface area contributed by atoms with Crippen molar-refractivity contribution in [3.05, 3.63) is 35.4 Å². The van der Waals surface area contributed by atoms with Gasteiger partial charge in [-0.2, -0.15) is 5.26 Å². The summed E-state index contributed by atoms with van der Waals surface area (Å²) in [5.74, 6) is -0.321. The molecule has 0 aliphatic carbocycles. The van der Waals surface area contributed by atoms with Crippen molar-refractivity contribution in [3.63, 3.8) is 0 Å². The highest BCUT2D eigenvalue weighted by Gasteiger charge is 2.03. The smallest absolute Gasteiger partial charge is 0.306 e. The van der Waals surface area contributed by atoms with Crippen LogP contribution in [0.15, 0.2) is 24.3 Å². The highest BCUT2D eigenvalue weighted by molar-refractivity contribution is 5.69. The predicted molar refractivity (Wildman–Crippen MR) is 57.5 cm³/mol. The molecule has 0 radical (unpaired) electrons. The molecule has 0 atom stereocenters. The maximum absolute atomic E-state index is 11.1. The lowest BCUT2D eigenvalue weighted by atomic mass is 10.1. The van der Waals surface area contributed by atoms with E-state index in [1.54, 1.807) is 12.1 Å². The van der Waals surface area contributed by atoms with E-state index in [2.05, 4.69) is 0 Å². The van der Waals surface area contributed by atoms with E-state index in [9.17, 15) is 4.79 Å². The summed E-state index contributed by atoms with van der Waals surface area (Å²) in [5.41, 5.74) is 1.59. The van der Waals surface area contributed by atoms with E-state index < -0.39 is 0 Å². The number of hydrogen-bond acceptors (Lipinski definition) is 4. The van der Waals surface area contributed by atoms with Crippen LogP contribution >= 0.6 is 0 Å². The Labute approximate surface area is 94.1 Å². The van der Waals surface area contributed by atoms with E-state index in [-0.39, 0.29) is 25.6 Å². The molecule has 0 heterocycles. The largest absolute Gasteiger partial charge is 0.463 e. The zero-order valence-corrected chi connectivity index (χ0v) is 8.85. The van der Waals surface area contributed by atoms with Gasteiger partial charge in [-0.15, -0.1) is 0 Å². The fraction of sp³-hybridized carbons (Fsp3) is 0.333. The number of carbonyl (C=O) groups excluding carboxylic acids is 1. The second kappa shape index (κ2) is 6.59. The van der Waals surface area contributed by atoms with Crippen molar-refractivity contribution in [3.8, 4) is 6.07 Å². The monoisotopic (exact) mass is 219 g/mol. The van der Waals surface area contributed by atoms with Crippen LogP contribution < -0.4 is 0 Å². The van der Waals surface area contributed by atoms with Gasteiger partial charge < -0.3 is 9.84 Å². The van der Waals surface area contributed by atoms with Gasteiger partial charge in [0.15, 0.2) is 0 Å². The van der Waals surface area contributed by atoms with E-state index in [0.717, 1.165) is 5.56 Å². The van der Waals surface area contributed by atoms with E-state index in [1.165, 1.54) is 0 Å². The van der Waals surface area contributed by atoms with Crippen molar-refractivity contribution >= 4 is 5.97 Å². The molecule has 1 aromatic rings. The van der Waals surface area contributed by atoms with Gasteiger partial charge in [0.2, 0.25) is 0 Å². The number of nitrogens with zero attached hydrogens (tertiary/aromatic N) is 1. The molecule has 0 bridgehead atoms. The van der Waals surface area contributed by atoms with Gasteiger partial charge in [-0.25, -0.2) is 0 Å². The van der Waals surface area contributed by atoms with Crippen LogP contribution in [-0.4, -0.2) is 24.3 Å². The van der Waals surface area contributed by atoms with Crippen LogP contribution in [0.4, 0.5) is 0 Å². The Morgan fingerprint density at radius 2 is 2.06 bits per heavy atom. The quantitative estimate of drug-likeness (QED) is 0.751. The molecule has 4 heteroatoms. The number of esters is 1. The summed E-state index contributed by atoms with van der Waals surface area (Å²) >= 11 is 0. The number of rotatable bonds is 5. The number of aryl methyl sites for hydroxylation is 1. The van der Waals surface area contributed by atoms with Gasteiger partial charge >= 0.3 is 5.97 Å². The second-order valence-corrected chi connectivity index (χ2v) is 3.25.